The van der Waals surface area contributed by atoms with Gasteiger partial charge in [-0.05, 0) is 37.1 Å². The minimum absolute atomic E-state index is 0. The number of ether oxygens (including phenoxy) is 4. The third-order valence-electron chi connectivity index (χ3n) is 5.00. The Balaban J connectivity index is 0.00000363. The second-order valence-corrected chi connectivity index (χ2v) is 7.45. The van der Waals surface area contributed by atoms with Gasteiger partial charge in [0.05, 0.1) is 26.9 Å². The molecular weight excluding hydrogens is 521 g/mol. The summed E-state index contributed by atoms with van der Waals surface area (Å²) in [5.74, 6) is 3.25. The Kier molecular flexibility index (Phi) is 11.4. The van der Waals surface area contributed by atoms with E-state index in [0.29, 0.717) is 19.8 Å². The zero-order valence-corrected chi connectivity index (χ0v) is 21.4. The minimum atomic E-state index is 0. The molecule has 1 unspecified atom stereocenters. The van der Waals surface area contributed by atoms with Crippen LogP contribution in [0.15, 0.2) is 47.5 Å². The Morgan fingerprint density at radius 2 is 2.00 bits per heavy atom. The predicted molar refractivity (Wildman–Crippen MR) is 138 cm³/mol. The maximum Gasteiger partial charge on any atom is 0.191 e. The molecule has 0 bridgehead atoms. The molecule has 0 aromatic heterocycles. The lowest BCUT2D eigenvalue weighted by molar-refractivity contribution is 0.140. The quantitative estimate of drug-likeness (QED) is 0.201. The molecular formula is C24H34IN3O4. The summed E-state index contributed by atoms with van der Waals surface area (Å²) in [7, 11) is 3.42. The summed E-state index contributed by atoms with van der Waals surface area (Å²) in [4.78, 5) is 4.31. The van der Waals surface area contributed by atoms with Crippen molar-refractivity contribution in [1.29, 1.82) is 0 Å². The molecule has 0 spiro atoms. The number of aryl methyl sites for hydroxylation is 1. The molecule has 8 heteroatoms. The fourth-order valence-corrected chi connectivity index (χ4v) is 3.26. The van der Waals surface area contributed by atoms with Crippen LogP contribution in [0.25, 0.3) is 0 Å². The van der Waals surface area contributed by atoms with Gasteiger partial charge >= 0.3 is 0 Å². The molecule has 1 aliphatic rings. The molecule has 0 aliphatic carbocycles. The normalized spacial score (nSPS) is 15.6. The molecule has 0 saturated carbocycles. The van der Waals surface area contributed by atoms with E-state index in [0.717, 1.165) is 54.8 Å². The Bertz CT molecular complexity index is 857. The predicted octanol–water partition coefficient (Wildman–Crippen LogP) is 3.92. The molecule has 1 saturated heterocycles. The molecule has 2 aromatic rings. The van der Waals surface area contributed by atoms with E-state index in [1.165, 1.54) is 5.56 Å². The van der Waals surface area contributed by atoms with Crippen molar-refractivity contribution in [2.75, 3.05) is 40.5 Å². The molecule has 1 fully saturated rings. The number of nitrogens with one attached hydrogen (secondary N) is 2. The van der Waals surface area contributed by atoms with E-state index in [4.69, 9.17) is 18.9 Å². The zero-order valence-electron chi connectivity index (χ0n) is 19.1. The second-order valence-electron chi connectivity index (χ2n) is 7.45. The van der Waals surface area contributed by atoms with Crippen molar-refractivity contribution >= 4 is 29.9 Å². The molecule has 1 aliphatic heterocycles. The number of benzene rings is 2. The highest BCUT2D eigenvalue weighted by Gasteiger charge is 2.18. The summed E-state index contributed by atoms with van der Waals surface area (Å²) in [6.07, 6.45) is 1.91. The SMILES string of the molecule is CN=C(NCCCOc1cccc(OC)c1)NCc1ccc(C)cc1OC1CCOC1.I. The smallest absolute Gasteiger partial charge is 0.191 e. The summed E-state index contributed by atoms with van der Waals surface area (Å²) >= 11 is 0. The number of aliphatic imine (C=N–C) groups is 1. The average Bonchev–Trinajstić information content (AvgIpc) is 3.30. The summed E-state index contributed by atoms with van der Waals surface area (Å²) in [6, 6.07) is 13.9. The van der Waals surface area contributed by atoms with Crippen LogP contribution >= 0.6 is 24.0 Å². The summed E-state index contributed by atoms with van der Waals surface area (Å²) in [6.45, 7) is 5.48. The fraction of sp³-hybridized carbons (Fsp3) is 0.458. The van der Waals surface area contributed by atoms with E-state index >= 15 is 0 Å². The highest BCUT2D eigenvalue weighted by Crippen LogP contribution is 2.24. The maximum atomic E-state index is 6.17. The van der Waals surface area contributed by atoms with E-state index in [9.17, 15) is 0 Å². The van der Waals surface area contributed by atoms with Gasteiger partial charge < -0.3 is 29.6 Å². The summed E-state index contributed by atoms with van der Waals surface area (Å²) < 4.78 is 22.6. The highest BCUT2D eigenvalue weighted by atomic mass is 127. The Labute approximate surface area is 207 Å². The van der Waals surface area contributed by atoms with Gasteiger partial charge in [0.25, 0.3) is 0 Å². The molecule has 0 radical (unpaired) electrons. The number of guanidine groups is 1. The summed E-state index contributed by atoms with van der Waals surface area (Å²) in [5, 5.41) is 6.69. The van der Waals surface area contributed by atoms with Gasteiger partial charge in [-0.3, -0.25) is 4.99 Å². The first-order chi connectivity index (χ1) is 15.2. The molecule has 2 N–H and O–H groups in total. The van der Waals surface area contributed by atoms with Crippen LogP contribution in [0.1, 0.15) is 24.0 Å². The van der Waals surface area contributed by atoms with Crippen LogP contribution in [0, 0.1) is 6.92 Å². The first kappa shape index (κ1) is 26.1. The van der Waals surface area contributed by atoms with Crippen molar-refractivity contribution in [2.45, 2.75) is 32.4 Å². The van der Waals surface area contributed by atoms with Crippen molar-refractivity contribution in [2.24, 2.45) is 4.99 Å². The van der Waals surface area contributed by atoms with E-state index in [2.05, 4.69) is 40.7 Å². The largest absolute Gasteiger partial charge is 0.497 e. The number of hydrogen-bond donors (Lipinski definition) is 2. The Morgan fingerprint density at radius 1 is 1.16 bits per heavy atom. The topological polar surface area (TPSA) is 73.3 Å². The van der Waals surface area contributed by atoms with Crippen LogP contribution in [0.4, 0.5) is 0 Å². The van der Waals surface area contributed by atoms with Crippen LogP contribution in [-0.2, 0) is 11.3 Å². The molecule has 32 heavy (non-hydrogen) atoms. The van der Waals surface area contributed by atoms with Crippen molar-refractivity contribution in [3.05, 3.63) is 53.6 Å². The van der Waals surface area contributed by atoms with Gasteiger partial charge in [0.1, 0.15) is 23.4 Å². The Hall–Kier alpha value is -2.20. The Morgan fingerprint density at radius 3 is 2.75 bits per heavy atom. The van der Waals surface area contributed by atoms with Gasteiger partial charge in [0.2, 0.25) is 0 Å². The highest BCUT2D eigenvalue weighted by molar-refractivity contribution is 14.0. The number of methoxy groups -OCH3 is 1. The van der Waals surface area contributed by atoms with Crippen molar-refractivity contribution in [1.82, 2.24) is 10.6 Å². The molecule has 7 nitrogen and oxygen atoms in total. The minimum Gasteiger partial charge on any atom is -0.497 e. The fourth-order valence-electron chi connectivity index (χ4n) is 3.26. The van der Waals surface area contributed by atoms with Crippen LogP contribution in [0.2, 0.25) is 0 Å². The number of halogens is 1. The van der Waals surface area contributed by atoms with Gasteiger partial charge in [0.15, 0.2) is 5.96 Å². The molecule has 0 amide bonds. The number of rotatable bonds is 10. The molecule has 2 aromatic carbocycles. The number of hydrogen-bond acceptors (Lipinski definition) is 5. The zero-order chi connectivity index (χ0) is 21.9. The van der Waals surface area contributed by atoms with E-state index in [1.807, 2.05) is 24.3 Å². The van der Waals surface area contributed by atoms with Crippen molar-refractivity contribution < 1.29 is 18.9 Å². The van der Waals surface area contributed by atoms with Gasteiger partial charge in [-0.15, -0.1) is 24.0 Å². The first-order valence-corrected chi connectivity index (χ1v) is 10.7. The first-order valence-electron chi connectivity index (χ1n) is 10.7. The lowest BCUT2D eigenvalue weighted by Crippen LogP contribution is -2.37. The van der Waals surface area contributed by atoms with Gasteiger partial charge in [-0.1, -0.05) is 18.2 Å². The lowest BCUT2D eigenvalue weighted by Gasteiger charge is -2.18. The molecule has 3 rings (SSSR count). The molecule has 1 atom stereocenters. The van der Waals surface area contributed by atoms with Gasteiger partial charge in [0, 0.05) is 38.2 Å². The van der Waals surface area contributed by atoms with Crippen molar-refractivity contribution in [3.63, 3.8) is 0 Å². The second kappa shape index (κ2) is 14.1. The average molecular weight is 555 g/mol. The van der Waals surface area contributed by atoms with Crippen LogP contribution < -0.4 is 24.8 Å². The van der Waals surface area contributed by atoms with Crippen molar-refractivity contribution in [3.8, 4) is 17.2 Å². The third kappa shape index (κ3) is 8.38. The van der Waals surface area contributed by atoms with Crippen LogP contribution in [0.3, 0.4) is 0 Å². The van der Waals surface area contributed by atoms with E-state index in [-0.39, 0.29) is 30.1 Å². The van der Waals surface area contributed by atoms with E-state index in [1.54, 1.807) is 14.2 Å². The lowest BCUT2D eigenvalue weighted by atomic mass is 10.1. The standard InChI is InChI=1S/C24H33N3O4.HI/c1-18-8-9-19(23(14-18)31-22-10-13-29-17-22)16-27-24(25-2)26-11-5-12-30-21-7-4-6-20(15-21)28-3;/h4,6-9,14-15,22H,5,10-13,16-17H2,1-3H3,(H2,25,26,27);1H. The van der Waals surface area contributed by atoms with Crippen LogP contribution in [0.5, 0.6) is 17.2 Å². The number of nitrogens with zero attached hydrogens (tertiary/aromatic N) is 1. The molecule has 176 valence electrons. The van der Waals surface area contributed by atoms with Crippen LogP contribution in [-0.4, -0.2) is 52.6 Å². The third-order valence-corrected chi connectivity index (χ3v) is 5.00. The van der Waals surface area contributed by atoms with E-state index < -0.39 is 0 Å². The van der Waals surface area contributed by atoms with Gasteiger partial charge in [-0.25, -0.2) is 0 Å². The summed E-state index contributed by atoms with van der Waals surface area (Å²) in [5.41, 5.74) is 2.28. The monoisotopic (exact) mass is 555 g/mol. The maximum absolute atomic E-state index is 6.17. The van der Waals surface area contributed by atoms with Gasteiger partial charge in [-0.2, -0.15) is 0 Å². The molecule has 1 heterocycles.